The van der Waals surface area contributed by atoms with Gasteiger partial charge in [0, 0.05) is 54.5 Å². The molecule has 36 heavy (non-hydrogen) atoms. The van der Waals surface area contributed by atoms with Crippen molar-refractivity contribution in [3.8, 4) is 17.1 Å². The number of rotatable bonds is 7. The minimum absolute atomic E-state index is 0.305. The van der Waals surface area contributed by atoms with Crippen molar-refractivity contribution < 1.29 is 14.3 Å². The van der Waals surface area contributed by atoms with Crippen molar-refractivity contribution in [3.63, 3.8) is 0 Å². The summed E-state index contributed by atoms with van der Waals surface area (Å²) in [6, 6.07) is 11.3. The van der Waals surface area contributed by atoms with E-state index >= 15 is 0 Å². The van der Waals surface area contributed by atoms with E-state index in [2.05, 4.69) is 37.1 Å². The first-order valence-corrected chi connectivity index (χ1v) is 11.4. The molecule has 1 saturated heterocycles. The van der Waals surface area contributed by atoms with Crippen molar-refractivity contribution in [2.45, 2.75) is 0 Å². The minimum atomic E-state index is -0.305. The van der Waals surface area contributed by atoms with Gasteiger partial charge in [0.2, 0.25) is 11.9 Å². The van der Waals surface area contributed by atoms with Crippen molar-refractivity contribution in [3.05, 3.63) is 67.6 Å². The number of carbonyl (C=O) groups is 1. The van der Waals surface area contributed by atoms with Gasteiger partial charge in [-0.05, 0) is 36.4 Å². The van der Waals surface area contributed by atoms with E-state index in [4.69, 9.17) is 14.5 Å². The minimum Gasteiger partial charge on any atom is -0.494 e. The van der Waals surface area contributed by atoms with Gasteiger partial charge in [-0.25, -0.2) is 9.97 Å². The summed E-state index contributed by atoms with van der Waals surface area (Å²) in [6.07, 6.45) is 6.23. The number of anilines is 4. The monoisotopic (exact) mass is 483 g/mol. The molecule has 0 bridgehead atoms. The van der Waals surface area contributed by atoms with Crippen molar-refractivity contribution in [2.24, 2.45) is 0 Å². The highest BCUT2D eigenvalue weighted by molar-refractivity contribution is 5.99. The average Bonchev–Trinajstić information content (AvgIpc) is 2.93. The Kier molecular flexibility index (Phi) is 6.67. The Morgan fingerprint density at radius 3 is 2.75 bits per heavy atom. The van der Waals surface area contributed by atoms with Crippen molar-refractivity contribution in [1.29, 1.82) is 0 Å². The van der Waals surface area contributed by atoms with Crippen LogP contribution in [-0.4, -0.2) is 59.3 Å². The van der Waals surface area contributed by atoms with Crippen LogP contribution in [0.15, 0.2) is 67.6 Å². The van der Waals surface area contributed by atoms with Crippen LogP contribution in [0.1, 0.15) is 0 Å². The Morgan fingerprint density at radius 1 is 1.11 bits per heavy atom. The van der Waals surface area contributed by atoms with E-state index in [1.807, 2.05) is 24.3 Å². The number of ether oxygens (including phenoxy) is 2. The zero-order valence-corrected chi connectivity index (χ0v) is 19.8. The fourth-order valence-corrected chi connectivity index (χ4v) is 3.96. The molecule has 0 atom stereocenters. The number of nitrogens with zero attached hydrogens (tertiary/aromatic N) is 5. The number of hydrogen-bond donors (Lipinski definition) is 2. The molecule has 0 spiro atoms. The summed E-state index contributed by atoms with van der Waals surface area (Å²) in [5, 5.41) is 6.81. The lowest BCUT2D eigenvalue weighted by atomic mass is 10.1. The van der Waals surface area contributed by atoms with Gasteiger partial charge in [-0.2, -0.15) is 0 Å². The highest BCUT2D eigenvalue weighted by Crippen LogP contribution is 2.32. The number of nitrogens with one attached hydrogen (secondary N) is 2. The third-order valence-corrected chi connectivity index (χ3v) is 5.76. The van der Waals surface area contributed by atoms with Crippen molar-refractivity contribution in [1.82, 2.24) is 19.9 Å². The SMILES string of the molecule is C=CC(=O)Nc1ccnc(-c2nccc3cnc(Nc4ccc(N5CCOCC5)cc4OC)nc23)c1. The predicted molar refractivity (Wildman–Crippen MR) is 139 cm³/mol. The lowest BCUT2D eigenvalue weighted by Gasteiger charge is -2.29. The molecule has 0 radical (unpaired) electrons. The van der Waals surface area contributed by atoms with Crippen LogP contribution < -0.4 is 20.3 Å². The molecule has 0 unspecified atom stereocenters. The summed E-state index contributed by atoms with van der Waals surface area (Å²) < 4.78 is 11.1. The van der Waals surface area contributed by atoms with Gasteiger partial charge in [0.1, 0.15) is 17.0 Å². The first kappa shape index (κ1) is 23.2. The molecule has 4 heterocycles. The molecule has 1 aliphatic heterocycles. The number of benzene rings is 1. The number of pyridine rings is 2. The van der Waals surface area contributed by atoms with Gasteiger partial charge >= 0.3 is 0 Å². The second-order valence-corrected chi connectivity index (χ2v) is 8.02. The Balaban J connectivity index is 1.46. The van der Waals surface area contributed by atoms with Gasteiger partial charge in [0.05, 0.1) is 31.7 Å². The second-order valence-electron chi connectivity index (χ2n) is 8.02. The van der Waals surface area contributed by atoms with Gasteiger partial charge < -0.3 is 25.0 Å². The highest BCUT2D eigenvalue weighted by atomic mass is 16.5. The molecule has 1 aromatic carbocycles. The van der Waals surface area contributed by atoms with Crippen LogP contribution in [-0.2, 0) is 9.53 Å². The zero-order valence-electron chi connectivity index (χ0n) is 19.8. The van der Waals surface area contributed by atoms with Crippen LogP contribution in [0.4, 0.5) is 23.0 Å². The normalized spacial score (nSPS) is 13.3. The van der Waals surface area contributed by atoms with Gasteiger partial charge in [-0.1, -0.05) is 6.58 Å². The maximum absolute atomic E-state index is 11.7. The fourth-order valence-electron chi connectivity index (χ4n) is 3.96. The second kappa shape index (κ2) is 10.4. The molecule has 0 saturated carbocycles. The number of amides is 1. The van der Waals surface area contributed by atoms with E-state index in [9.17, 15) is 4.79 Å². The van der Waals surface area contributed by atoms with Gasteiger partial charge in [-0.3, -0.25) is 14.8 Å². The van der Waals surface area contributed by atoms with Gasteiger partial charge in [0.25, 0.3) is 0 Å². The molecule has 10 heteroatoms. The molecule has 4 aromatic rings. The smallest absolute Gasteiger partial charge is 0.247 e. The molecule has 1 aliphatic rings. The molecule has 5 rings (SSSR count). The summed E-state index contributed by atoms with van der Waals surface area (Å²) in [5.41, 5.74) is 4.16. The van der Waals surface area contributed by atoms with Crippen LogP contribution in [0, 0.1) is 0 Å². The number of fused-ring (bicyclic) bond motifs is 1. The maximum Gasteiger partial charge on any atom is 0.247 e. The lowest BCUT2D eigenvalue weighted by Crippen LogP contribution is -2.36. The summed E-state index contributed by atoms with van der Waals surface area (Å²) in [4.78, 5) is 32.1. The number of morpholine rings is 1. The van der Waals surface area contributed by atoms with Gasteiger partial charge in [0.15, 0.2) is 0 Å². The predicted octanol–water partition coefficient (Wildman–Crippen LogP) is 3.80. The Bertz CT molecular complexity index is 1420. The molecular weight excluding hydrogens is 458 g/mol. The van der Waals surface area contributed by atoms with E-state index in [1.165, 1.54) is 6.08 Å². The Labute approximate surface area is 208 Å². The van der Waals surface area contributed by atoms with Gasteiger partial charge in [-0.15, -0.1) is 0 Å². The van der Waals surface area contributed by atoms with Crippen LogP contribution in [0.3, 0.4) is 0 Å². The van der Waals surface area contributed by atoms with Crippen molar-refractivity contribution >= 4 is 39.8 Å². The number of hydrogen-bond acceptors (Lipinski definition) is 9. The quantitative estimate of drug-likeness (QED) is 0.379. The Morgan fingerprint density at radius 2 is 1.94 bits per heavy atom. The van der Waals surface area contributed by atoms with Crippen LogP contribution in [0.2, 0.25) is 0 Å². The molecule has 182 valence electrons. The zero-order chi connectivity index (χ0) is 24.9. The first-order chi connectivity index (χ1) is 17.6. The van der Waals surface area contributed by atoms with E-state index in [1.54, 1.807) is 37.8 Å². The molecular formula is C26H25N7O3. The topological polar surface area (TPSA) is 114 Å². The van der Waals surface area contributed by atoms with E-state index < -0.39 is 0 Å². The highest BCUT2D eigenvalue weighted by Gasteiger charge is 2.15. The largest absolute Gasteiger partial charge is 0.494 e. The third-order valence-electron chi connectivity index (χ3n) is 5.76. The standard InChI is InChI=1S/C26H25N7O3/c1-3-23(34)30-18-7-9-27-21(14-18)25-24-17(6-8-28-25)16-29-26(32-24)31-20-5-4-19(15-22(20)35-2)33-10-12-36-13-11-33/h3-9,14-16H,1,10-13H2,2H3,(H,27,30,34)(H,29,31,32). The van der Waals surface area contributed by atoms with E-state index in [-0.39, 0.29) is 5.91 Å². The van der Waals surface area contributed by atoms with Crippen LogP contribution in [0.5, 0.6) is 5.75 Å². The van der Waals surface area contributed by atoms with E-state index in [0.29, 0.717) is 47.5 Å². The third kappa shape index (κ3) is 4.93. The van der Waals surface area contributed by atoms with E-state index in [0.717, 1.165) is 29.9 Å². The fraction of sp³-hybridized carbons (Fsp3) is 0.192. The summed E-state index contributed by atoms with van der Waals surface area (Å²) in [7, 11) is 1.64. The average molecular weight is 484 g/mol. The molecule has 1 fully saturated rings. The summed E-state index contributed by atoms with van der Waals surface area (Å²) >= 11 is 0. The molecule has 1 amide bonds. The molecule has 10 nitrogen and oxygen atoms in total. The molecule has 2 N–H and O–H groups in total. The summed E-state index contributed by atoms with van der Waals surface area (Å²) in [6.45, 7) is 6.58. The van der Waals surface area contributed by atoms with Crippen LogP contribution in [0.25, 0.3) is 22.3 Å². The Hall–Kier alpha value is -4.57. The number of carbonyl (C=O) groups excluding carboxylic acids is 1. The maximum atomic E-state index is 11.7. The molecule has 3 aromatic heterocycles. The lowest BCUT2D eigenvalue weighted by molar-refractivity contribution is -0.111. The van der Waals surface area contributed by atoms with Crippen LogP contribution >= 0.6 is 0 Å². The summed E-state index contributed by atoms with van der Waals surface area (Å²) in [5.74, 6) is 0.771. The van der Waals surface area contributed by atoms with Crippen molar-refractivity contribution in [2.75, 3.05) is 48.9 Å². The number of aromatic nitrogens is 4. The number of methoxy groups -OCH3 is 1. The first-order valence-electron chi connectivity index (χ1n) is 11.4. The molecule has 0 aliphatic carbocycles.